The van der Waals surface area contributed by atoms with Gasteiger partial charge in [-0.15, -0.1) is 0 Å². The number of aryl methyl sites for hydroxylation is 2. The maximum atomic E-state index is 4.63. The minimum atomic E-state index is 1.06. The zero-order chi connectivity index (χ0) is 13.4. The van der Waals surface area contributed by atoms with Crippen LogP contribution in [0.25, 0.3) is 21.3 Å². The van der Waals surface area contributed by atoms with Gasteiger partial charge < -0.3 is 5.32 Å². The lowest BCUT2D eigenvalue weighted by Crippen LogP contribution is -1.85. The molecule has 0 fully saturated rings. The van der Waals surface area contributed by atoms with Crippen LogP contribution >= 0.6 is 11.3 Å². The van der Waals surface area contributed by atoms with Gasteiger partial charge in [0.25, 0.3) is 0 Å². The van der Waals surface area contributed by atoms with Crippen LogP contribution in [-0.2, 0) is 0 Å². The first kappa shape index (κ1) is 12.2. The average molecular weight is 268 g/mol. The van der Waals surface area contributed by atoms with Gasteiger partial charge in [-0.05, 0) is 30.7 Å². The van der Waals surface area contributed by atoms with Crippen molar-refractivity contribution < 1.29 is 0 Å². The van der Waals surface area contributed by atoms with Crippen molar-refractivity contribution in [2.75, 3.05) is 12.4 Å². The smallest absolute Gasteiger partial charge is 0.125 e. The number of hydrogen-bond acceptors (Lipinski definition) is 3. The number of rotatable bonds is 2. The van der Waals surface area contributed by atoms with Crippen molar-refractivity contribution in [3.63, 3.8) is 0 Å². The standard InChI is InChI=1S/C16H16N2S/c1-10-4-5-13-9-14(7-6-12(13)8-10)16-18-11(2)15(17-3)19-16/h4-9,17H,1-3H3. The summed E-state index contributed by atoms with van der Waals surface area (Å²) in [6.45, 7) is 4.16. The van der Waals surface area contributed by atoms with Gasteiger partial charge >= 0.3 is 0 Å². The van der Waals surface area contributed by atoms with Gasteiger partial charge in [-0.1, -0.05) is 47.2 Å². The van der Waals surface area contributed by atoms with E-state index in [9.17, 15) is 0 Å². The van der Waals surface area contributed by atoms with Crippen molar-refractivity contribution in [1.29, 1.82) is 0 Å². The Kier molecular flexibility index (Phi) is 2.99. The van der Waals surface area contributed by atoms with Crippen molar-refractivity contribution >= 4 is 27.1 Å². The molecule has 1 N–H and O–H groups in total. The second-order valence-corrected chi connectivity index (χ2v) is 5.75. The van der Waals surface area contributed by atoms with E-state index >= 15 is 0 Å². The molecular formula is C16H16N2S. The average Bonchev–Trinajstić information content (AvgIpc) is 2.79. The molecule has 0 atom stereocenters. The molecular weight excluding hydrogens is 252 g/mol. The molecule has 0 saturated heterocycles. The molecule has 1 heterocycles. The van der Waals surface area contributed by atoms with Gasteiger partial charge in [0.2, 0.25) is 0 Å². The minimum Gasteiger partial charge on any atom is -0.378 e. The number of nitrogens with zero attached hydrogens (tertiary/aromatic N) is 1. The fourth-order valence-corrected chi connectivity index (χ4v) is 3.17. The van der Waals surface area contributed by atoms with Crippen LogP contribution in [0.3, 0.4) is 0 Å². The van der Waals surface area contributed by atoms with E-state index in [1.807, 2.05) is 14.0 Å². The molecule has 0 unspecified atom stereocenters. The molecule has 3 aromatic rings. The van der Waals surface area contributed by atoms with E-state index < -0.39 is 0 Å². The summed E-state index contributed by atoms with van der Waals surface area (Å²) < 4.78 is 0. The summed E-state index contributed by atoms with van der Waals surface area (Å²) in [5.41, 5.74) is 3.54. The molecule has 0 radical (unpaired) electrons. The summed E-state index contributed by atoms with van der Waals surface area (Å²) >= 11 is 1.70. The quantitative estimate of drug-likeness (QED) is 0.733. The first-order valence-electron chi connectivity index (χ1n) is 6.33. The summed E-state index contributed by atoms with van der Waals surface area (Å²) in [6, 6.07) is 13.1. The number of aromatic nitrogens is 1. The second kappa shape index (κ2) is 4.67. The molecule has 1 aromatic heterocycles. The van der Waals surface area contributed by atoms with Crippen LogP contribution < -0.4 is 5.32 Å². The van der Waals surface area contributed by atoms with Gasteiger partial charge in [0.15, 0.2) is 0 Å². The molecule has 0 aliphatic carbocycles. The molecule has 19 heavy (non-hydrogen) atoms. The number of nitrogens with one attached hydrogen (secondary N) is 1. The van der Waals surface area contributed by atoms with Gasteiger partial charge in [-0.25, -0.2) is 4.98 Å². The monoisotopic (exact) mass is 268 g/mol. The molecule has 3 rings (SSSR count). The Balaban J connectivity index is 2.11. The highest BCUT2D eigenvalue weighted by Crippen LogP contribution is 2.33. The first-order valence-corrected chi connectivity index (χ1v) is 7.15. The summed E-state index contributed by atoms with van der Waals surface area (Å²) in [7, 11) is 1.94. The van der Waals surface area contributed by atoms with Crippen LogP contribution in [0.1, 0.15) is 11.3 Å². The molecule has 2 aromatic carbocycles. The Bertz CT molecular complexity index is 744. The summed E-state index contributed by atoms with van der Waals surface area (Å²) in [4.78, 5) is 4.63. The van der Waals surface area contributed by atoms with Crippen molar-refractivity contribution in [3.8, 4) is 10.6 Å². The Labute approximate surface area is 117 Å². The van der Waals surface area contributed by atoms with Crippen molar-refractivity contribution in [2.24, 2.45) is 0 Å². The number of hydrogen-bond donors (Lipinski definition) is 1. The Hall–Kier alpha value is -1.87. The van der Waals surface area contributed by atoms with Crippen LogP contribution in [0.15, 0.2) is 36.4 Å². The van der Waals surface area contributed by atoms with Gasteiger partial charge in [0.05, 0.1) is 5.69 Å². The largest absolute Gasteiger partial charge is 0.378 e. The van der Waals surface area contributed by atoms with Crippen molar-refractivity contribution in [1.82, 2.24) is 4.98 Å². The van der Waals surface area contributed by atoms with E-state index in [1.54, 1.807) is 11.3 Å². The maximum Gasteiger partial charge on any atom is 0.125 e. The normalized spacial score (nSPS) is 10.9. The van der Waals surface area contributed by atoms with Gasteiger partial charge in [0, 0.05) is 12.6 Å². The predicted molar refractivity (Wildman–Crippen MR) is 84.1 cm³/mol. The van der Waals surface area contributed by atoms with Crippen molar-refractivity contribution in [3.05, 3.63) is 47.7 Å². The fourth-order valence-electron chi connectivity index (χ4n) is 2.25. The first-order chi connectivity index (χ1) is 9.17. The molecule has 2 nitrogen and oxygen atoms in total. The molecule has 96 valence electrons. The summed E-state index contributed by atoms with van der Waals surface area (Å²) in [5, 5.41) is 7.95. The van der Waals surface area contributed by atoms with Gasteiger partial charge in [-0.3, -0.25) is 0 Å². The summed E-state index contributed by atoms with van der Waals surface area (Å²) in [5.74, 6) is 0. The third kappa shape index (κ3) is 2.22. The Morgan fingerprint density at radius 2 is 1.74 bits per heavy atom. The van der Waals surface area contributed by atoms with E-state index in [0.717, 1.165) is 15.7 Å². The number of benzene rings is 2. The molecule has 0 aliphatic heterocycles. The molecule has 3 heteroatoms. The zero-order valence-corrected chi connectivity index (χ0v) is 12.1. The lowest BCUT2D eigenvalue weighted by atomic mass is 10.1. The lowest BCUT2D eigenvalue weighted by Gasteiger charge is -2.02. The SMILES string of the molecule is CNc1sc(-c2ccc3cc(C)ccc3c2)nc1C. The predicted octanol–water partition coefficient (Wildman–Crippen LogP) is 4.62. The molecule has 0 bridgehead atoms. The fraction of sp³-hybridized carbons (Fsp3) is 0.188. The third-order valence-corrected chi connectivity index (χ3v) is 4.49. The molecule has 0 spiro atoms. The maximum absolute atomic E-state index is 4.63. The summed E-state index contributed by atoms with van der Waals surface area (Å²) in [6.07, 6.45) is 0. The third-order valence-electron chi connectivity index (χ3n) is 3.27. The Morgan fingerprint density at radius 3 is 2.47 bits per heavy atom. The molecule has 0 amide bonds. The highest BCUT2D eigenvalue weighted by atomic mass is 32.1. The number of thiazole rings is 1. The van der Waals surface area contributed by atoms with Crippen LogP contribution in [-0.4, -0.2) is 12.0 Å². The molecule has 0 aliphatic rings. The highest BCUT2D eigenvalue weighted by Gasteiger charge is 2.08. The number of anilines is 1. The Morgan fingerprint density at radius 1 is 1.00 bits per heavy atom. The van der Waals surface area contributed by atoms with Gasteiger partial charge in [-0.2, -0.15) is 0 Å². The van der Waals surface area contributed by atoms with E-state index in [-0.39, 0.29) is 0 Å². The van der Waals surface area contributed by atoms with Crippen LogP contribution in [0.2, 0.25) is 0 Å². The van der Waals surface area contributed by atoms with Crippen LogP contribution in [0, 0.1) is 13.8 Å². The highest BCUT2D eigenvalue weighted by molar-refractivity contribution is 7.19. The lowest BCUT2D eigenvalue weighted by molar-refractivity contribution is 1.26. The molecule has 0 saturated carbocycles. The van der Waals surface area contributed by atoms with E-state index in [2.05, 4.69) is 53.6 Å². The van der Waals surface area contributed by atoms with Crippen LogP contribution in [0.4, 0.5) is 5.00 Å². The number of fused-ring (bicyclic) bond motifs is 1. The van der Waals surface area contributed by atoms with Crippen molar-refractivity contribution in [2.45, 2.75) is 13.8 Å². The minimum absolute atomic E-state index is 1.06. The van der Waals surface area contributed by atoms with Gasteiger partial charge in [0.1, 0.15) is 10.0 Å². The van der Waals surface area contributed by atoms with E-state index in [1.165, 1.54) is 21.9 Å². The second-order valence-electron chi connectivity index (χ2n) is 4.75. The van der Waals surface area contributed by atoms with Crippen LogP contribution in [0.5, 0.6) is 0 Å². The van der Waals surface area contributed by atoms with E-state index in [4.69, 9.17) is 0 Å². The topological polar surface area (TPSA) is 24.9 Å². The zero-order valence-electron chi connectivity index (χ0n) is 11.3. The van der Waals surface area contributed by atoms with E-state index in [0.29, 0.717) is 0 Å².